The molecule has 10 heteroatoms. The van der Waals surface area contributed by atoms with Gasteiger partial charge in [0, 0.05) is 16.8 Å². The van der Waals surface area contributed by atoms with E-state index in [2.05, 4.69) is 10.4 Å². The van der Waals surface area contributed by atoms with Crippen LogP contribution >= 0.6 is 11.6 Å². The number of carbonyl (C=O) groups is 1. The molecule has 0 atom stereocenters. The third-order valence-corrected chi connectivity index (χ3v) is 6.11. The van der Waals surface area contributed by atoms with Crippen molar-refractivity contribution in [3.8, 4) is 0 Å². The Morgan fingerprint density at radius 2 is 1.90 bits per heavy atom. The number of nitrogens with zero attached hydrogens (tertiary/aromatic N) is 2. The maximum absolute atomic E-state index is 13.4. The molecule has 2 aromatic carbocycles. The maximum Gasteiger partial charge on any atom is 0.267 e. The number of halogens is 2. The van der Waals surface area contributed by atoms with Gasteiger partial charge in [0.15, 0.2) is 5.03 Å². The molecular formula is C19H15ClFN3O4S. The molecule has 3 aromatic rings. The van der Waals surface area contributed by atoms with Crippen LogP contribution in [-0.2, 0) is 21.2 Å². The third-order valence-electron chi connectivity index (χ3n) is 4.06. The van der Waals surface area contributed by atoms with Crippen LogP contribution in [-0.4, -0.2) is 24.1 Å². The van der Waals surface area contributed by atoms with Gasteiger partial charge in [-0.15, -0.1) is 0 Å². The van der Waals surface area contributed by atoms with Crippen molar-refractivity contribution in [2.45, 2.75) is 23.4 Å². The molecule has 0 saturated heterocycles. The lowest BCUT2D eigenvalue weighted by molar-refractivity contribution is -0.117. The summed E-state index contributed by atoms with van der Waals surface area (Å²) in [5.41, 5.74) is 0.436. The van der Waals surface area contributed by atoms with Gasteiger partial charge in [-0.1, -0.05) is 23.7 Å². The van der Waals surface area contributed by atoms with Crippen molar-refractivity contribution in [3.05, 3.63) is 81.4 Å². The summed E-state index contributed by atoms with van der Waals surface area (Å²) >= 11 is 6.01. The van der Waals surface area contributed by atoms with E-state index in [-0.39, 0.29) is 4.90 Å². The van der Waals surface area contributed by atoms with Crippen molar-refractivity contribution in [2.75, 3.05) is 5.32 Å². The Labute approximate surface area is 170 Å². The molecule has 1 aromatic heterocycles. The first-order chi connectivity index (χ1) is 13.7. The van der Waals surface area contributed by atoms with Crippen molar-refractivity contribution < 1.29 is 17.6 Å². The molecule has 150 valence electrons. The van der Waals surface area contributed by atoms with Gasteiger partial charge in [-0.3, -0.25) is 9.59 Å². The molecule has 0 saturated carbocycles. The van der Waals surface area contributed by atoms with E-state index < -0.39 is 38.7 Å². The average Bonchev–Trinajstić information content (AvgIpc) is 2.67. The first kappa shape index (κ1) is 20.7. The minimum Gasteiger partial charge on any atom is -0.324 e. The zero-order valence-corrected chi connectivity index (χ0v) is 16.7. The molecule has 0 aliphatic heterocycles. The van der Waals surface area contributed by atoms with E-state index in [1.165, 1.54) is 12.1 Å². The van der Waals surface area contributed by atoms with Crippen molar-refractivity contribution in [1.29, 1.82) is 0 Å². The summed E-state index contributed by atoms with van der Waals surface area (Å²) < 4.78 is 39.4. The van der Waals surface area contributed by atoms with Crippen LogP contribution in [0, 0.1) is 12.7 Å². The predicted molar refractivity (Wildman–Crippen MR) is 105 cm³/mol. The standard InChI is InChI=1S/C19H15ClFN3O4S/c1-12-15(20)6-3-7-16(12)22-17(25)11-24-19(26)9-8-18(23-24)29(27,28)14-5-2-4-13(21)10-14/h2-10H,11H2,1H3,(H,22,25). The van der Waals surface area contributed by atoms with Gasteiger partial charge in [0.2, 0.25) is 15.7 Å². The fourth-order valence-corrected chi connectivity index (χ4v) is 3.91. The van der Waals surface area contributed by atoms with E-state index in [9.17, 15) is 22.4 Å². The molecular weight excluding hydrogens is 421 g/mol. The summed E-state index contributed by atoms with van der Waals surface area (Å²) in [4.78, 5) is 24.1. The van der Waals surface area contributed by atoms with Gasteiger partial charge in [-0.05, 0) is 48.9 Å². The molecule has 0 radical (unpaired) electrons. The maximum atomic E-state index is 13.4. The molecule has 0 aliphatic carbocycles. The van der Waals surface area contributed by atoms with Crippen molar-refractivity contribution in [3.63, 3.8) is 0 Å². The van der Waals surface area contributed by atoms with Crippen LogP contribution in [0.5, 0.6) is 0 Å². The van der Waals surface area contributed by atoms with Crippen LogP contribution in [0.4, 0.5) is 10.1 Å². The summed E-state index contributed by atoms with van der Waals surface area (Å²) in [7, 11) is -4.17. The van der Waals surface area contributed by atoms with Crippen molar-refractivity contribution in [1.82, 2.24) is 9.78 Å². The monoisotopic (exact) mass is 435 g/mol. The minimum atomic E-state index is -4.17. The van der Waals surface area contributed by atoms with E-state index in [0.717, 1.165) is 28.9 Å². The number of carbonyl (C=O) groups excluding carboxylic acids is 1. The molecule has 0 spiro atoms. The lowest BCUT2D eigenvalue weighted by atomic mass is 10.2. The van der Waals surface area contributed by atoms with Gasteiger partial charge in [-0.2, -0.15) is 5.10 Å². The fourth-order valence-electron chi connectivity index (χ4n) is 2.51. The predicted octanol–water partition coefficient (Wildman–Crippen LogP) is 2.82. The number of amides is 1. The molecule has 0 bridgehead atoms. The highest BCUT2D eigenvalue weighted by Crippen LogP contribution is 2.23. The molecule has 0 aliphatic rings. The van der Waals surface area contributed by atoms with Gasteiger partial charge in [0.25, 0.3) is 5.56 Å². The summed E-state index contributed by atoms with van der Waals surface area (Å²) in [6, 6.07) is 11.4. The largest absolute Gasteiger partial charge is 0.324 e. The molecule has 1 heterocycles. The Kier molecular flexibility index (Phi) is 5.81. The van der Waals surface area contributed by atoms with Crippen LogP contribution in [0.2, 0.25) is 5.02 Å². The van der Waals surface area contributed by atoms with E-state index in [1.807, 2.05) is 0 Å². The highest BCUT2D eigenvalue weighted by atomic mass is 35.5. The number of benzene rings is 2. The first-order valence-electron chi connectivity index (χ1n) is 8.32. The highest BCUT2D eigenvalue weighted by Gasteiger charge is 2.21. The number of rotatable bonds is 5. The lowest BCUT2D eigenvalue weighted by Crippen LogP contribution is -2.30. The topological polar surface area (TPSA) is 98.1 Å². The van der Waals surface area contributed by atoms with Gasteiger partial charge >= 0.3 is 0 Å². The Bertz CT molecular complexity index is 1260. The second kappa shape index (κ2) is 8.14. The highest BCUT2D eigenvalue weighted by molar-refractivity contribution is 7.91. The van der Waals surface area contributed by atoms with E-state index in [1.54, 1.807) is 25.1 Å². The Balaban J connectivity index is 1.89. The lowest BCUT2D eigenvalue weighted by Gasteiger charge is -2.11. The van der Waals surface area contributed by atoms with Gasteiger partial charge in [-0.25, -0.2) is 17.5 Å². The van der Waals surface area contributed by atoms with E-state index in [4.69, 9.17) is 11.6 Å². The van der Waals surface area contributed by atoms with Crippen LogP contribution in [0.25, 0.3) is 0 Å². The summed E-state index contributed by atoms with van der Waals surface area (Å²) in [5.74, 6) is -1.32. The van der Waals surface area contributed by atoms with Gasteiger partial charge < -0.3 is 5.32 Å². The molecule has 3 rings (SSSR count). The normalized spacial score (nSPS) is 11.3. The van der Waals surface area contributed by atoms with Crippen LogP contribution < -0.4 is 10.9 Å². The smallest absolute Gasteiger partial charge is 0.267 e. The fraction of sp³-hybridized carbons (Fsp3) is 0.105. The molecule has 29 heavy (non-hydrogen) atoms. The minimum absolute atomic E-state index is 0.311. The molecule has 1 amide bonds. The van der Waals surface area contributed by atoms with Crippen molar-refractivity contribution >= 4 is 33.0 Å². The average molecular weight is 436 g/mol. The first-order valence-corrected chi connectivity index (χ1v) is 10.2. The van der Waals surface area contributed by atoms with E-state index >= 15 is 0 Å². The van der Waals surface area contributed by atoms with Crippen LogP contribution in [0.15, 0.2) is 69.3 Å². The third kappa shape index (κ3) is 4.52. The molecule has 0 unspecified atom stereocenters. The zero-order valence-electron chi connectivity index (χ0n) is 15.1. The van der Waals surface area contributed by atoms with E-state index in [0.29, 0.717) is 16.3 Å². The quantitative estimate of drug-likeness (QED) is 0.664. The second-order valence-electron chi connectivity index (χ2n) is 6.09. The number of sulfone groups is 1. The number of aromatic nitrogens is 2. The van der Waals surface area contributed by atoms with Crippen LogP contribution in [0.1, 0.15) is 5.56 Å². The zero-order chi connectivity index (χ0) is 21.2. The molecule has 0 fully saturated rings. The number of anilines is 1. The SMILES string of the molecule is Cc1c(Cl)cccc1NC(=O)Cn1nc(S(=O)(=O)c2cccc(F)c2)ccc1=O. The molecule has 7 nitrogen and oxygen atoms in total. The summed E-state index contributed by atoms with van der Waals surface area (Å²) in [5, 5.41) is 6.36. The summed E-state index contributed by atoms with van der Waals surface area (Å²) in [6.07, 6.45) is 0. The second-order valence-corrected chi connectivity index (χ2v) is 8.39. The Morgan fingerprint density at radius 1 is 1.17 bits per heavy atom. The number of nitrogens with one attached hydrogen (secondary N) is 1. The number of hydrogen-bond acceptors (Lipinski definition) is 5. The van der Waals surface area contributed by atoms with Gasteiger partial charge in [0.1, 0.15) is 12.4 Å². The Morgan fingerprint density at radius 3 is 2.62 bits per heavy atom. The van der Waals surface area contributed by atoms with Gasteiger partial charge in [0.05, 0.1) is 4.90 Å². The number of hydrogen-bond donors (Lipinski definition) is 1. The summed E-state index contributed by atoms with van der Waals surface area (Å²) in [6.45, 7) is 1.20. The molecule has 1 N–H and O–H groups in total. The Hall–Kier alpha value is -3.04. The van der Waals surface area contributed by atoms with Crippen molar-refractivity contribution in [2.24, 2.45) is 0 Å². The van der Waals surface area contributed by atoms with Crippen LogP contribution in [0.3, 0.4) is 0 Å².